The summed E-state index contributed by atoms with van der Waals surface area (Å²) >= 11 is 3.14. The zero-order valence-electron chi connectivity index (χ0n) is 12.5. The quantitative estimate of drug-likeness (QED) is 0.855. The molecule has 0 saturated carbocycles. The topological polar surface area (TPSA) is 44.7 Å². The Morgan fingerprint density at radius 3 is 2.64 bits per heavy atom. The smallest absolute Gasteiger partial charge is 0.179 e. The molecule has 1 aromatic rings. The molecular weight excluding hydrogens is 351 g/mol. The largest absolute Gasteiger partial charge is 0.505 e. The Morgan fingerprint density at radius 2 is 1.95 bits per heavy atom. The SMILES string of the molecule is Oc1c([C@H](C2CCOCC2)N2CCNCC2)ccc(Br)c1F. The van der Waals surface area contributed by atoms with Crippen LogP contribution in [0.3, 0.4) is 0 Å². The number of benzene rings is 1. The third-order valence-electron chi connectivity index (χ3n) is 4.68. The first-order chi connectivity index (χ1) is 10.7. The zero-order chi connectivity index (χ0) is 15.5. The first-order valence-electron chi connectivity index (χ1n) is 7.88. The Hall–Kier alpha value is -0.690. The van der Waals surface area contributed by atoms with Gasteiger partial charge in [-0.3, -0.25) is 4.90 Å². The predicted molar refractivity (Wildman–Crippen MR) is 86.5 cm³/mol. The van der Waals surface area contributed by atoms with Crippen LogP contribution < -0.4 is 5.32 Å². The Bertz CT molecular complexity index is 499. The maximum atomic E-state index is 14.1. The molecule has 0 bridgehead atoms. The van der Waals surface area contributed by atoms with E-state index in [9.17, 15) is 9.50 Å². The van der Waals surface area contributed by atoms with Gasteiger partial charge in [-0.15, -0.1) is 0 Å². The Morgan fingerprint density at radius 1 is 1.27 bits per heavy atom. The van der Waals surface area contributed by atoms with E-state index in [0.717, 1.165) is 52.2 Å². The van der Waals surface area contributed by atoms with Crippen molar-refractivity contribution in [2.75, 3.05) is 39.4 Å². The lowest BCUT2D eigenvalue weighted by atomic mass is 9.85. The number of nitrogens with one attached hydrogen (secondary N) is 1. The molecule has 122 valence electrons. The number of aromatic hydroxyl groups is 1. The second-order valence-electron chi connectivity index (χ2n) is 5.98. The van der Waals surface area contributed by atoms with Crippen molar-refractivity contribution in [2.45, 2.75) is 18.9 Å². The van der Waals surface area contributed by atoms with Crippen LogP contribution in [0.15, 0.2) is 16.6 Å². The summed E-state index contributed by atoms with van der Waals surface area (Å²) in [6.07, 6.45) is 1.90. The van der Waals surface area contributed by atoms with E-state index in [2.05, 4.69) is 26.1 Å². The van der Waals surface area contributed by atoms with E-state index in [0.29, 0.717) is 16.0 Å². The molecule has 1 aromatic carbocycles. The number of hydrogen-bond donors (Lipinski definition) is 2. The molecule has 0 spiro atoms. The van der Waals surface area contributed by atoms with E-state index < -0.39 is 5.82 Å². The molecule has 2 fully saturated rings. The fourth-order valence-corrected chi connectivity index (χ4v) is 3.85. The maximum Gasteiger partial charge on any atom is 0.179 e. The third-order valence-corrected chi connectivity index (χ3v) is 5.29. The highest BCUT2D eigenvalue weighted by Gasteiger charge is 2.33. The molecule has 0 unspecified atom stereocenters. The first-order valence-corrected chi connectivity index (χ1v) is 8.67. The first kappa shape index (κ1) is 16.2. The van der Waals surface area contributed by atoms with E-state index in [-0.39, 0.29) is 11.8 Å². The van der Waals surface area contributed by atoms with Crippen LogP contribution in [0.25, 0.3) is 0 Å². The van der Waals surface area contributed by atoms with Gasteiger partial charge < -0.3 is 15.2 Å². The molecule has 1 atom stereocenters. The van der Waals surface area contributed by atoms with Crippen LogP contribution in [0.2, 0.25) is 0 Å². The minimum atomic E-state index is -0.565. The Labute approximate surface area is 138 Å². The van der Waals surface area contributed by atoms with Crippen LogP contribution in [0, 0.1) is 11.7 Å². The van der Waals surface area contributed by atoms with Gasteiger partial charge >= 0.3 is 0 Å². The fraction of sp³-hybridized carbons (Fsp3) is 0.625. The van der Waals surface area contributed by atoms with Crippen LogP contribution in [0.1, 0.15) is 24.4 Å². The van der Waals surface area contributed by atoms with Crippen LogP contribution in [-0.2, 0) is 4.74 Å². The van der Waals surface area contributed by atoms with E-state index >= 15 is 0 Å². The molecule has 2 aliphatic rings. The molecule has 0 radical (unpaired) electrons. The number of phenols is 1. The van der Waals surface area contributed by atoms with Crippen LogP contribution >= 0.6 is 15.9 Å². The lowest BCUT2D eigenvalue weighted by Crippen LogP contribution is -2.47. The van der Waals surface area contributed by atoms with Crippen LogP contribution in [0.4, 0.5) is 4.39 Å². The fourth-order valence-electron chi connectivity index (χ4n) is 3.53. The maximum absolute atomic E-state index is 14.1. The number of halogens is 2. The molecule has 2 saturated heterocycles. The highest BCUT2D eigenvalue weighted by atomic mass is 79.9. The molecule has 0 aliphatic carbocycles. The highest BCUT2D eigenvalue weighted by Crippen LogP contribution is 2.41. The van der Waals surface area contributed by atoms with Crippen molar-refractivity contribution in [3.63, 3.8) is 0 Å². The van der Waals surface area contributed by atoms with E-state index in [1.165, 1.54) is 0 Å². The Balaban J connectivity index is 1.94. The van der Waals surface area contributed by atoms with Gasteiger partial charge in [-0.1, -0.05) is 6.07 Å². The summed E-state index contributed by atoms with van der Waals surface area (Å²) in [4.78, 5) is 2.37. The van der Waals surface area contributed by atoms with Crippen molar-refractivity contribution in [1.29, 1.82) is 0 Å². The number of nitrogens with zero attached hydrogens (tertiary/aromatic N) is 1. The van der Waals surface area contributed by atoms with Gasteiger partial charge in [-0.05, 0) is 40.8 Å². The van der Waals surface area contributed by atoms with E-state index in [4.69, 9.17) is 4.74 Å². The summed E-state index contributed by atoms with van der Waals surface area (Å²) in [5, 5.41) is 13.7. The van der Waals surface area contributed by atoms with Gasteiger partial charge in [-0.2, -0.15) is 0 Å². The van der Waals surface area contributed by atoms with Gasteiger partial charge in [-0.25, -0.2) is 4.39 Å². The van der Waals surface area contributed by atoms with Gasteiger partial charge in [0, 0.05) is 51.0 Å². The normalized spacial score (nSPS) is 22.6. The Kier molecular flexibility index (Phi) is 5.33. The zero-order valence-corrected chi connectivity index (χ0v) is 14.1. The number of piperazine rings is 1. The monoisotopic (exact) mass is 372 g/mol. The second-order valence-corrected chi connectivity index (χ2v) is 6.83. The van der Waals surface area contributed by atoms with Gasteiger partial charge in [0.2, 0.25) is 0 Å². The van der Waals surface area contributed by atoms with Crippen molar-refractivity contribution in [3.05, 3.63) is 28.0 Å². The van der Waals surface area contributed by atoms with Crippen molar-refractivity contribution >= 4 is 15.9 Å². The van der Waals surface area contributed by atoms with Gasteiger partial charge in [0.25, 0.3) is 0 Å². The average molecular weight is 373 g/mol. The molecule has 2 N–H and O–H groups in total. The molecule has 22 heavy (non-hydrogen) atoms. The molecule has 3 rings (SSSR count). The molecule has 2 aliphatic heterocycles. The lowest BCUT2D eigenvalue weighted by molar-refractivity contribution is 0.0205. The summed E-state index contributed by atoms with van der Waals surface area (Å²) in [7, 11) is 0. The van der Waals surface area contributed by atoms with Crippen LogP contribution in [-0.4, -0.2) is 49.4 Å². The number of hydrogen-bond acceptors (Lipinski definition) is 4. The highest BCUT2D eigenvalue weighted by molar-refractivity contribution is 9.10. The summed E-state index contributed by atoms with van der Waals surface area (Å²) in [6, 6.07) is 3.59. The molecule has 0 aromatic heterocycles. The summed E-state index contributed by atoms with van der Waals surface area (Å²) in [6.45, 7) is 5.18. The van der Waals surface area contributed by atoms with E-state index in [1.54, 1.807) is 6.07 Å². The van der Waals surface area contributed by atoms with E-state index in [1.807, 2.05) is 6.07 Å². The summed E-state index contributed by atoms with van der Waals surface area (Å²) < 4.78 is 19.9. The van der Waals surface area contributed by atoms with Crippen molar-refractivity contribution in [3.8, 4) is 5.75 Å². The predicted octanol–water partition coefficient (Wildman–Crippen LogP) is 2.67. The minimum absolute atomic E-state index is 0.0496. The van der Waals surface area contributed by atoms with Gasteiger partial charge in [0.05, 0.1) is 4.47 Å². The number of ether oxygens (including phenoxy) is 1. The standard InChI is InChI=1S/C16H22BrFN2O2/c17-13-2-1-12(16(21)14(13)18)15(11-3-9-22-10-4-11)20-7-5-19-6-8-20/h1-2,11,15,19,21H,3-10H2/t15-/m0/s1. The second kappa shape index (κ2) is 7.25. The third kappa shape index (κ3) is 3.30. The molecule has 4 nitrogen and oxygen atoms in total. The minimum Gasteiger partial charge on any atom is -0.505 e. The molecule has 2 heterocycles. The average Bonchev–Trinajstić information content (AvgIpc) is 2.57. The molecular formula is C16H22BrFN2O2. The van der Waals surface area contributed by atoms with Gasteiger partial charge in [0.15, 0.2) is 11.6 Å². The summed E-state index contributed by atoms with van der Waals surface area (Å²) in [5.74, 6) is -0.396. The van der Waals surface area contributed by atoms with Crippen molar-refractivity contribution in [2.24, 2.45) is 5.92 Å². The lowest BCUT2D eigenvalue weighted by Gasteiger charge is -2.41. The van der Waals surface area contributed by atoms with Gasteiger partial charge in [0.1, 0.15) is 0 Å². The number of phenolic OH excluding ortho intramolecular Hbond substituents is 1. The molecule has 0 amide bonds. The molecule has 6 heteroatoms. The van der Waals surface area contributed by atoms with Crippen molar-refractivity contribution < 1.29 is 14.2 Å². The summed E-state index contributed by atoms with van der Waals surface area (Å²) in [5.41, 5.74) is 0.703. The van der Waals surface area contributed by atoms with Crippen molar-refractivity contribution in [1.82, 2.24) is 10.2 Å². The van der Waals surface area contributed by atoms with Crippen LogP contribution in [0.5, 0.6) is 5.75 Å². The number of rotatable bonds is 3.